The summed E-state index contributed by atoms with van der Waals surface area (Å²) >= 11 is 0. The predicted molar refractivity (Wildman–Crippen MR) is 40.5 cm³/mol. The second-order valence-electron chi connectivity index (χ2n) is 1.75. The lowest BCUT2D eigenvalue weighted by atomic mass is 10.7. The van der Waals surface area contributed by atoms with Crippen LogP contribution in [0.2, 0.25) is 0 Å². The Hall–Kier alpha value is -1.47. The van der Waals surface area contributed by atoms with Crippen molar-refractivity contribution in [3.05, 3.63) is 10.4 Å². The lowest BCUT2D eigenvalue weighted by Crippen LogP contribution is -2.32. The Morgan fingerprint density at radius 3 is 2.67 bits per heavy atom. The smallest absolute Gasteiger partial charge is 0.312 e. The van der Waals surface area contributed by atoms with E-state index in [0.717, 1.165) is 0 Å². The number of azide groups is 1. The van der Waals surface area contributed by atoms with Gasteiger partial charge in [-0.05, 0) is 5.53 Å². The van der Waals surface area contributed by atoms with E-state index in [1.165, 1.54) is 0 Å². The van der Waals surface area contributed by atoms with E-state index in [1.54, 1.807) is 0 Å². The minimum atomic E-state index is -3.79. The van der Waals surface area contributed by atoms with Gasteiger partial charge in [0.2, 0.25) is 10.0 Å². The SMILES string of the molecule is [N-]=[N+]=NS(=O)(=O)CCNC(N)=O. The Morgan fingerprint density at radius 2 is 2.25 bits per heavy atom. The molecule has 0 aliphatic heterocycles. The van der Waals surface area contributed by atoms with Crippen molar-refractivity contribution in [1.29, 1.82) is 0 Å². The molecule has 0 atom stereocenters. The molecule has 0 fully saturated rings. The summed E-state index contributed by atoms with van der Waals surface area (Å²) in [6.45, 7) is -0.170. The Kier molecular flexibility index (Phi) is 3.88. The highest BCUT2D eigenvalue weighted by Crippen LogP contribution is 1.90. The maximum absolute atomic E-state index is 10.6. The summed E-state index contributed by atoms with van der Waals surface area (Å²) in [7, 11) is -3.79. The zero-order valence-corrected chi connectivity index (χ0v) is 6.78. The lowest BCUT2D eigenvalue weighted by molar-refractivity contribution is 0.249. The van der Waals surface area contributed by atoms with Gasteiger partial charge in [0.1, 0.15) is 0 Å². The molecule has 0 aromatic heterocycles. The number of amides is 2. The van der Waals surface area contributed by atoms with Gasteiger partial charge in [0.05, 0.1) is 5.75 Å². The Morgan fingerprint density at radius 1 is 1.67 bits per heavy atom. The summed E-state index contributed by atoms with van der Waals surface area (Å²) in [5, 5.41) is 2.04. The van der Waals surface area contributed by atoms with Crippen LogP contribution < -0.4 is 11.1 Å². The molecule has 0 aromatic rings. The zero-order valence-electron chi connectivity index (χ0n) is 5.97. The number of nitrogens with zero attached hydrogens (tertiary/aromatic N) is 3. The second-order valence-corrected chi connectivity index (χ2v) is 3.48. The quantitative estimate of drug-likeness (QED) is 0.346. The largest absolute Gasteiger partial charge is 0.352 e. The van der Waals surface area contributed by atoms with E-state index in [2.05, 4.69) is 15.2 Å². The van der Waals surface area contributed by atoms with Crippen LogP contribution in [0.15, 0.2) is 4.52 Å². The second kappa shape index (κ2) is 4.42. The molecule has 0 aliphatic rings. The fraction of sp³-hybridized carbons (Fsp3) is 0.667. The molecule has 12 heavy (non-hydrogen) atoms. The van der Waals surface area contributed by atoms with Crippen LogP contribution in [-0.4, -0.2) is 26.7 Å². The van der Waals surface area contributed by atoms with Gasteiger partial charge in [-0.3, -0.25) is 0 Å². The van der Waals surface area contributed by atoms with Crippen molar-refractivity contribution in [3.8, 4) is 0 Å². The van der Waals surface area contributed by atoms with Crippen molar-refractivity contribution in [1.82, 2.24) is 5.32 Å². The standard InChI is InChI=1S/C3H7N5O3S/c4-3(9)6-1-2-12(10,11)8-7-5/h1-2H2,(H3,4,6,9). The van der Waals surface area contributed by atoms with E-state index >= 15 is 0 Å². The molecule has 0 saturated carbocycles. The van der Waals surface area contributed by atoms with Gasteiger partial charge in [-0.15, -0.1) is 0 Å². The third kappa shape index (κ3) is 5.33. The Bertz CT molecular complexity index is 302. The van der Waals surface area contributed by atoms with Crippen molar-refractivity contribution in [2.45, 2.75) is 0 Å². The van der Waals surface area contributed by atoms with Gasteiger partial charge in [0.15, 0.2) is 0 Å². The van der Waals surface area contributed by atoms with Crippen molar-refractivity contribution in [3.63, 3.8) is 0 Å². The molecular formula is C3H7N5O3S. The number of nitrogens with one attached hydrogen (secondary N) is 1. The minimum absolute atomic E-state index is 0.170. The molecule has 0 aromatic carbocycles. The van der Waals surface area contributed by atoms with E-state index in [-0.39, 0.29) is 6.54 Å². The summed E-state index contributed by atoms with van der Waals surface area (Å²) < 4.78 is 23.7. The highest BCUT2D eigenvalue weighted by molar-refractivity contribution is 7.90. The Labute approximate surface area is 68.4 Å². The fourth-order valence-corrected chi connectivity index (χ4v) is 0.953. The van der Waals surface area contributed by atoms with Crippen LogP contribution >= 0.6 is 0 Å². The molecule has 0 aliphatic carbocycles. The maximum atomic E-state index is 10.6. The van der Waals surface area contributed by atoms with Crippen molar-refractivity contribution in [2.24, 2.45) is 10.3 Å². The van der Waals surface area contributed by atoms with Crippen LogP contribution in [0, 0.1) is 0 Å². The number of carbonyl (C=O) groups excluding carboxylic acids is 1. The van der Waals surface area contributed by atoms with Gasteiger partial charge in [-0.25, -0.2) is 13.2 Å². The molecule has 0 rings (SSSR count). The summed E-state index contributed by atoms with van der Waals surface area (Å²) in [5.74, 6) is -0.458. The van der Waals surface area contributed by atoms with Crippen molar-refractivity contribution < 1.29 is 13.2 Å². The van der Waals surface area contributed by atoms with Gasteiger partial charge < -0.3 is 11.1 Å². The number of sulfonamides is 1. The highest BCUT2D eigenvalue weighted by Gasteiger charge is 2.06. The Balaban J connectivity index is 3.94. The molecule has 8 nitrogen and oxygen atoms in total. The molecule has 0 spiro atoms. The van der Waals surface area contributed by atoms with Crippen LogP contribution in [0.1, 0.15) is 0 Å². The molecule has 3 N–H and O–H groups in total. The van der Waals surface area contributed by atoms with Crippen LogP contribution in [0.4, 0.5) is 4.79 Å². The summed E-state index contributed by atoms with van der Waals surface area (Å²) in [6, 6.07) is -0.828. The summed E-state index contributed by atoms with van der Waals surface area (Å²) in [4.78, 5) is 12.2. The topological polar surface area (TPSA) is 138 Å². The van der Waals surface area contributed by atoms with Gasteiger partial charge in [-0.1, -0.05) is 0 Å². The van der Waals surface area contributed by atoms with Gasteiger partial charge >= 0.3 is 6.03 Å². The molecule has 0 saturated heterocycles. The van der Waals surface area contributed by atoms with E-state index < -0.39 is 21.8 Å². The predicted octanol–water partition coefficient (Wildman–Crippen LogP) is -0.705. The first-order valence-corrected chi connectivity index (χ1v) is 4.41. The average Bonchev–Trinajstić information content (AvgIpc) is 1.85. The number of rotatable bonds is 4. The first-order chi connectivity index (χ1) is 5.48. The first kappa shape index (κ1) is 10.5. The molecule has 0 radical (unpaired) electrons. The third-order valence-corrected chi connectivity index (χ3v) is 1.86. The zero-order chi connectivity index (χ0) is 9.61. The van der Waals surface area contributed by atoms with Gasteiger partial charge in [-0.2, -0.15) is 0 Å². The first-order valence-electron chi connectivity index (χ1n) is 2.80. The molecular weight excluding hydrogens is 186 g/mol. The number of primary amides is 1. The molecule has 2 amide bonds. The normalized spacial score (nSPS) is 10.0. The maximum Gasteiger partial charge on any atom is 0.312 e. The fourth-order valence-electron chi connectivity index (χ4n) is 0.400. The number of urea groups is 1. The van der Waals surface area contributed by atoms with Crippen LogP contribution in [0.3, 0.4) is 0 Å². The van der Waals surface area contributed by atoms with Crippen molar-refractivity contribution >= 4 is 16.1 Å². The lowest BCUT2D eigenvalue weighted by Gasteiger charge is -1.97. The highest BCUT2D eigenvalue weighted by atomic mass is 32.2. The number of carbonyl (C=O) groups is 1. The molecule has 0 heterocycles. The molecule has 68 valence electrons. The van der Waals surface area contributed by atoms with Crippen LogP contribution in [0.25, 0.3) is 10.4 Å². The van der Waals surface area contributed by atoms with Gasteiger partial charge in [0.25, 0.3) is 0 Å². The van der Waals surface area contributed by atoms with Crippen LogP contribution in [0.5, 0.6) is 0 Å². The van der Waals surface area contributed by atoms with E-state index in [1.807, 2.05) is 5.32 Å². The summed E-state index contributed by atoms with van der Waals surface area (Å²) in [5.41, 5.74) is 12.4. The van der Waals surface area contributed by atoms with E-state index in [0.29, 0.717) is 0 Å². The van der Waals surface area contributed by atoms with Crippen molar-refractivity contribution in [2.75, 3.05) is 12.3 Å². The molecule has 0 bridgehead atoms. The van der Waals surface area contributed by atoms with Gasteiger partial charge in [0, 0.05) is 16.0 Å². The number of hydrogen-bond donors (Lipinski definition) is 2. The molecule has 0 unspecified atom stereocenters. The minimum Gasteiger partial charge on any atom is -0.352 e. The number of nitrogens with two attached hydrogens (primary N) is 1. The molecule has 9 heteroatoms. The van der Waals surface area contributed by atoms with Crippen LogP contribution in [-0.2, 0) is 10.0 Å². The third-order valence-electron chi connectivity index (χ3n) is 0.820. The monoisotopic (exact) mass is 193 g/mol. The number of hydrogen-bond acceptors (Lipinski definition) is 3. The van der Waals surface area contributed by atoms with E-state index in [9.17, 15) is 13.2 Å². The van der Waals surface area contributed by atoms with E-state index in [4.69, 9.17) is 5.53 Å². The summed E-state index contributed by atoms with van der Waals surface area (Å²) in [6.07, 6.45) is 0. The average molecular weight is 193 g/mol.